The summed E-state index contributed by atoms with van der Waals surface area (Å²) in [7, 11) is -1.83. The number of hydrogen-bond donors (Lipinski definition) is 4. The quantitative estimate of drug-likeness (QED) is 0.281. The molecule has 0 saturated carbocycles. The highest BCUT2D eigenvalue weighted by Gasteiger charge is 2.38. The lowest BCUT2D eigenvalue weighted by molar-refractivity contribution is -0.146. The Labute approximate surface area is 275 Å². The minimum atomic E-state index is -1.83. The zero-order chi connectivity index (χ0) is 33.4. The molecule has 252 valence electrons. The van der Waals surface area contributed by atoms with Crippen LogP contribution in [0.15, 0.2) is 53.6 Å². The largest absolute Gasteiger partial charge is 0.489 e. The molecule has 47 heavy (non-hydrogen) atoms. The summed E-state index contributed by atoms with van der Waals surface area (Å²) in [6.45, 7) is 6.95. The lowest BCUT2D eigenvalue weighted by Gasteiger charge is -2.33. The van der Waals surface area contributed by atoms with Gasteiger partial charge in [0, 0.05) is 36.7 Å². The van der Waals surface area contributed by atoms with Gasteiger partial charge < -0.3 is 40.4 Å². The summed E-state index contributed by atoms with van der Waals surface area (Å²) in [5.41, 5.74) is 6.83. The number of nitrogens with zero attached hydrogens (tertiary/aromatic N) is 3. The number of para-hydroxylation sites is 1. The molecule has 1 unspecified atom stereocenters. The van der Waals surface area contributed by atoms with Crippen molar-refractivity contribution in [1.29, 1.82) is 0 Å². The van der Waals surface area contributed by atoms with E-state index in [0.29, 0.717) is 40.1 Å². The van der Waals surface area contributed by atoms with Crippen molar-refractivity contribution in [2.75, 3.05) is 70.4 Å². The van der Waals surface area contributed by atoms with Gasteiger partial charge in [0.25, 0.3) is 5.91 Å². The number of carboxylic acids is 1. The number of anilines is 2. The number of nitrogens with one attached hydrogen (secondary N) is 2. The molecule has 1 aromatic heterocycles. The Morgan fingerprint density at radius 2 is 1.81 bits per heavy atom. The molecular weight excluding hydrogens is 628 g/mol. The Morgan fingerprint density at radius 3 is 2.51 bits per heavy atom. The van der Waals surface area contributed by atoms with Crippen LogP contribution in [0.2, 0.25) is 0 Å². The van der Waals surface area contributed by atoms with E-state index in [1.165, 1.54) is 24.3 Å². The number of carbonyl (C=O) groups is 2. The number of ether oxygens (including phenoxy) is 4. The lowest BCUT2D eigenvalue weighted by atomic mass is 10.1. The first-order valence-corrected chi connectivity index (χ1v) is 16.4. The van der Waals surface area contributed by atoms with E-state index in [1.54, 1.807) is 30.3 Å². The van der Waals surface area contributed by atoms with Crippen molar-refractivity contribution in [3.8, 4) is 17.0 Å². The van der Waals surface area contributed by atoms with Crippen LogP contribution in [0.5, 0.6) is 5.75 Å². The number of rotatable bonds is 6. The second-order valence-corrected chi connectivity index (χ2v) is 13.0. The Kier molecular flexibility index (Phi) is 11.5. The van der Waals surface area contributed by atoms with Crippen LogP contribution in [-0.2, 0) is 36.5 Å². The Morgan fingerprint density at radius 1 is 1.09 bits per heavy atom. The molecule has 1 fully saturated rings. The monoisotopic (exact) mass is 668 g/mol. The van der Waals surface area contributed by atoms with E-state index >= 15 is 0 Å². The number of carbonyl (C=O) groups excluding carboxylic acids is 1. The maximum Gasteiger partial charge on any atom is 0.324 e. The molecule has 0 aliphatic carbocycles. The van der Waals surface area contributed by atoms with Gasteiger partial charge in [-0.2, -0.15) is 0 Å². The van der Waals surface area contributed by atoms with Gasteiger partial charge in [-0.1, -0.05) is 24.3 Å². The first-order valence-electron chi connectivity index (χ1n) is 15.3. The average molecular weight is 669 g/mol. The predicted molar refractivity (Wildman–Crippen MR) is 174 cm³/mol. The number of aromatic nitrogens is 2. The van der Waals surface area contributed by atoms with E-state index < -0.39 is 28.4 Å². The maximum atomic E-state index is 13.6. The van der Waals surface area contributed by atoms with Crippen molar-refractivity contribution < 1.29 is 37.9 Å². The van der Waals surface area contributed by atoms with Crippen molar-refractivity contribution in [2.24, 2.45) is 5.92 Å². The van der Waals surface area contributed by atoms with Crippen LogP contribution in [-0.4, -0.2) is 100 Å². The molecule has 4 bridgehead atoms. The molecular formula is C32H40N6O8S. The van der Waals surface area contributed by atoms with E-state index in [-0.39, 0.29) is 51.1 Å². The molecule has 3 aliphatic rings. The molecule has 14 nitrogen and oxygen atoms in total. The van der Waals surface area contributed by atoms with Crippen LogP contribution in [0.3, 0.4) is 0 Å². The number of fused-ring (bicyclic) bond motifs is 13. The summed E-state index contributed by atoms with van der Waals surface area (Å²) in [5.74, 6) is -0.788. The first-order chi connectivity index (χ1) is 22.6. The average Bonchev–Trinajstić information content (AvgIpc) is 3.03. The van der Waals surface area contributed by atoms with Gasteiger partial charge in [0.05, 0.1) is 62.1 Å². The second kappa shape index (κ2) is 15.7. The van der Waals surface area contributed by atoms with Gasteiger partial charge in [-0.25, -0.2) is 18.5 Å². The highest BCUT2D eigenvalue weighted by molar-refractivity contribution is 7.82. The molecule has 0 spiro atoms. The number of nitrogens with two attached hydrogens (primary N) is 1. The standard InChI is InChI=1S/C32H40N6O8S/c1-32(2,31(40)41)38-10-11-43-12-13-44-14-15-46-28-23(17-34-16-21-19-45-20-21)4-3-5-25(28)37-30(39)27-29(33)35-18-26(36-27)22-6-8-24(9-7-22)47(38)42/h3-9,18,21,34H,10-17,19-20H2,1-2H3,(H2,33,35)(H,37,39)(H,40,41). The molecule has 0 radical (unpaired) electrons. The van der Waals surface area contributed by atoms with Crippen molar-refractivity contribution in [3.05, 3.63) is 59.9 Å². The molecule has 1 saturated heterocycles. The minimum Gasteiger partial charge on any atom is -0.489 e. The summed E-state index contributed by atoms with van der Waals surface area (Å²) >= 11 is 0. The molecule has 15 heteroatoms. The summed E-state index contributed by atoms with van der Waals surface area (Å²) in [6, 6.07) is 12.1. The third kappa shape index (κ3) is 8.49. The number of carboxylic acid groups (broad SMARTS) is 1. The molecule has 2 aromatic carbocycles. The highest BCUT2D eigenvalue weighted by Crippen LogP contribution is 2.31. The molecule has 5 N–H and O–H groups in total. The molecule has 6 rings (SSSR count). The fourth-order valence-electron chi connectivity index (χ4n) is 4.91. The summed E-state index contributed by atoms with van der Waals surface area (Å²) < 4.78 is 37.8. The normalized spacial score (nSPS) is 18.9. The Balaban J connectivity index is 1.43. The highest BCUT2D eigenvalue weighted by atomic mass is 32.2. The molecule has 1 atom stereocenters. The maximum absolute atomic E-state index is 13.6. The van der Waals surface area contributed by atoms with Crippen LogP contribution in [0.25, 0.3) is 11.3 Å². The van der Waals surface area contributed by atoms with E-state index in [4.69, 9.17) is 24.7 Å². The predicted octanol–water partition coefficient (Wildman–Crippen LogP) is 2.33. The van der Waals surface area contributed by atoms with Gasteiger partial charge in [0.2, 0.25) is 0 Å². The molecule has 3 aliphatic heterocycles. The summed E-state index contributed by atoms with van der Waals surface area (Å²) in [5, 5.41) is 16.2. The van der Waals surface area contributed by atoms with Gasteiger partial charge in [-0.3, -0.25) is 9.59 Å². The molecule has 4 heterocycles. The van der Waals surface area contributed by atoms with Gasteiger partial charge in [0.1, 0.15) is 28.9 Å². The van der Waals surface area contributed by atoms with Crippen LogP contribution in [0.1, 0.15) is 29.9 Å². The van der Waals surface area contributed by atoms with Crippen molar-refractivity contribution in [3.63, 3.8) is 0 Å². The van der Waals surface area contributed by atoms with Crippen molar-refractivity contribution in [1.82, 2.24) is 19.6 Å². The van der Waals surface area contributed by atoms with Crippen LogP contribution < -0.4 is 21.1 Å². The van der Waals surface area contributed by atoms with Gasteiger partial charge in [-0.05, 0) is 32.0 Å². The molecule has 3 aromatic rings. The molecule has 1 amide bonds. The zero-order valence-electron chi connectivity index (χ0n) is 26.4. The lowest BCUT2D eigenvalue weighted by Crippen LogP contribution is -2.52. The summed E-state index contributed by atoms with van der Waals surface area (Å²) in [4.78, 5) is 34.7. The van der Waals surface area contributed by atoms with E-state index in [9.17, 15) is 18.9 Å². The number of benzene rings is 2. The second-order valence-electron chi connectivity index (χ2n) is 11.6. The number of aliphatic carboxylic acids is 1. The Hall–Kier alpha value is -3.99. The van der Waals surface area contributed by atoms with Crippen molar-refractivity contribution >= 4 is 34.4 Å². The fourth-order valence-corrected chi connectivity index (χ4v) is 6.27. The Bertz CT molecular complexity index is 1580. The van der Waals surface area contributed by atoms with Gasteiger partial charge in [0.15, 0.2) is 11.5 Å². The smallest absolute Gasteiger partial charge is 0.324 e. The van der Waals surface area contributed by atoms with E-state index in [2.05, 4.69) is 20.6 Å². The van der Waals surface area contributed by atoms with Crippen LogP contribution in [0.4, 0.5) is 11.5 Å². The number of hydrogen-bond acceptors (Lipinski definition) is 11. The van der Waals surface area contributed by atoms with E-state index in [0.717, 1.165) is 25.3 Å². The topological polar surface area (TPSA) is 187 Å². The first kappa shape index (κ1) is 34.3. The SMILES string of the molecule is CC(C)(C(=O)O)N1CCOCCOCCOc2c(CNCC3COC3)cccc2NC(=O)c2nc(cnc2N)-c2ccc(cc2)S1=O. The van der Waals surface area contributed by atoms with Crippen LogP contribution in [0, 0.1) is 5.92 Å². The third-order valence-corrected chi connectivity index (χ3v) is 9.51. The van der Waals surface area contributed by atoms with Crippen LogP contribution >= 0.6 is 0 Å². The minimum absolute atomic E-state index is 0.0522. The summed E-state index contributed by atoms with van der Waals surface area (Å²) in [6.07, 6.45) is 1.45. The number of amides is 1. The van der Waals surface area contributed by atoms with Gasteiger partial charge >= 0.3 is 5.97 Å². The van der Waals surface area contributed by atoms with E-state index in [1.807, 2.05) is 12.1 Å². The van der Waals surface area contributed by atoms with Gasteiger partial charge in [-0.15, -0.1) is 0 Å². The third-order valence-electron chi connectivity index (χ3n) is 7.80. The number of nitrogen functional groups attached to an aromatic ring is 1. The fraction of sp³-hybridized carbons (Fsp3) is 0.438. The van der Waals surface area contributed by atoms with Crippen molar-refractivity contribution in [2.45, 2.75) is 30.8 Å². The zero-order valence-corrected chi connectivity index (χ0v) is 27.2.